The SMILES string of the molecule is CC(C)[C@@H](NC(=O)c1cc2ccccc2[nH]c1=O)C(=O)O. The quantitative estimate of drug-likeness (QED) is 0.791. The van der Waals surface area contributed by atoms with Gasteiger partial charge in [-0.1, -0.05) is 32.0 Å². The molecule has 0 spiro atoms. The molecular formula is C15H16N2O4. The Kier molecular flexibility index (Phi) is 4.07. The third-order valence-electron chi connectivity index (χ3n) is 3.22. The van der Waals surface area contributed by atoms with Gasteiger partial charge in [-0.3, -0.25) is 9.59 Å². The van der Waals surface area contributed by atoms with Gasteiger partial charge in [0.15, 0.2) is 0 Å². The first-order valence-electron chi connectivity index (χ1n) is 6.56. The van der Waals surface area contributed by atoms with Gasteiger partial charge >= 0.3 is 5.97 Å². The summed E-state index contributed by atoms with van der Waals surface area (Å²) in [5.41, 5.74) is -0.0163. The average Bonchev–Trinajstić information content (AvgIpc) is 2.43. The van der Waals surface area contributed by atoms with Crippen LogP contribution in [0.15, 0.2) is 35.1 Å². The summed E-state index contributed by atoms with van der Waals surface area (Å²) in [5.74, 6) is -2.11. The molecule has 1 heterocycles. The lowest BCUT2D eigenvalue weighted by Gasteiger charge is -2.17. The third kappa shape index (κ3) is 3.10. The molecule has 3 N–H and O–H groups in total. The van der Waals surface area contributed by atoms with Gasteiger partial charge in [0, 0.05) is 5.52 Å². The Labute approximate surface area is 120 Å². The van der Waals surface area contributed by atoms with Crippen molar-refractivity contribution in [1.82, 2.24) is 10.3 Å². The standard InChI is InChI=1S/C15H16N2O4/c1-8(2)12(15(20)21)17-14(19)10-7-9-5-3-4-6-11(9)16-13(10)18/h3-8,12H,1-2H3,(H,16,18)(H,17,19)(H,20,21)/t12-/m1/s1. The van der Waals surface area contributed by atoms with Crippen molar-refractivity contribution in [3.8, 4) is 0 Å². The smallest absolute Gasteiger partial charge is 0.326 e. The molecule has 0 radical (unpaired) electrons. The fourth-order valence-corrected chi connectivity index (χ4v) is 2.05. The van der Waals surface area contributed by atoms with Crippen LogP contribution in [0.5, 0.6) is 0 Å². The van der Waals surface area contributed by atoms with E-state index in [1.807, 2.05) is 0 Å². The lowest BCUT2D eigenvalue weighted by molar-refractivity contribution is -0.140. The zero-order valence-corrected chi connectivity index (χ0v) is 11.7. The largest absolute Gasteiger partial charge is 0.480 e. The first-order valence-corrected chi connectivity index (χ1v) is 6.56. The molecule has 2 rings (SSSR count). The van der Waals surface area contributed by atoms with Crippen LogP contribution in [-0.4, -0.2) is 28.0 Å². The second-order valence-corrected chi connectivity index (χ2v) is 5.13. The maximum Gasteiger partial charge on any atom is 0.326 e. The Hall–Kier alpha value is -2.63. The van der Waals surface area contributed by atoms with Crippen molar-refractivity contribution in [1.29, 1.82) is 0 Å². The molecule has 1 amide bonds. The molecule has 0 aliphatic rings. The van der Waals surface area contributed by atoms with Gasteiger partial charge in [-0.15, -0.1) is 0 Å². The van der Waals surface area contributed by atoms with Gasteiger partial charge in [0.2, 0.25) is 0 Å². The van der Waals surface area contributed by atoms with Crippen molar-refractivity contribution in [2.45, 2.75) is 19.9 Å². The van der Waals surface area contributed by atoms with E-state index in [4.69, 9.17) is 5.11 Å². The second-order valence-electron chi connectivity index (χ2n) is 5.13. The number of para-hydroxylation sites is 1. The Bertz CT molecular complexity index is 749. The summed E-state index contributed by atoms with van der Waals surface area (Å²) in [5, 5.41) is 12.2. The van der Waals surface area contributed by atoms with Crippen molar-refractivity contribution in [2.24, 2.45) is 5.92 Å². The molecule has 0 aliphatic heterocycles. The van der Waals surface area contributed by atoms with Crippen LogP contribution in [-0.2, 0) is 4.79 Å². The van der Waals surface area contributed by atoms with Crippen molar-refractivity contribution in [3.05, 3.63) is 46.2 Å². The predicted octanol–water partition coefficient (Wildman–Crippen LogP) is 1.37. The second kappa shape index (κ2) is 5.78. The van der Waals surface area contributed by atoms with Gasteiger partial charge in [-0.2, -0.15) is 0 Å². The minimum absolute atomic E-state index is 0.0967. The third-order valence-corrected chi connectivity index (χ3v) is 3.22. The molecule has 0 saturated heterocycles. The number of benzene rings is 1. The number of pyridine rings is 1. The van der Waals surface area contributed by atoms with Crippen LogP contribution in [0.1, 0.15) is 24.2 Å². The van der Waals surface area contributed by atoms with Gasteiger partial charge < -0.3 is 15.4 Å². The summed E-state index contributed by atoms with van der Waals surface area (Å²) in [7, 11) is 0. The van der Waals surface area contributed by atoms with Crippen LogP contribution in [0.2, 0.25) is 0 Å². The number of hydrogen-bond donors (Lipinski definition) is 3. The summed E-state index contributed by atoms with van der Waals surface area (Å²) >= 11 is 0. The fraction of sp³-hybridized carbons (Fsp3) is 0.267. The van der Waals surface area contributed by atoms with Gasteiger partial charge in [-0.25, -0.2) is 4.79 Å². The lowest BCUT2D eigenvalue weighted by atomic mass is 10.0. The maximum absolute atomic E-state index is 12.1. The molecule has 1 aromatic heterocycles. The summed E-state index contributed by atoms with van der Waals surface area (Å²) < 4.78 is 0. The van der Waals surface area contributed by atoms with Crippen molar-refractivity contribution in [3.63, 3.8) is 0 Å². The molecule has 2 aromatic rings. The first-order chi connectivity index (χ1) is 9.90. The number of aliphatic carboxylic acids is 1. The minimum atomic E-state index is -1.13. The number of carboxylic acid groups (broad SMARTS) is 1. The number of fused-ring (bicyclic) bond motifs is 1. The molecule has 0 aliphatic carbocycles. The topological polar surface area (TPSA) is 99.3 Å². The highest BCUT2D eigenvalue weighted by Crippen LogP contribution is 2.10. The molecule has 0 unspecified atom stereocenters. The summed E-state index contributed by atoms with van der Waals surface area (Å²) in [6.07, 6.45) is 0. The monoisotopic (exact) mass is 288 g/mol. The van der Waals surface area contributed by atoms with Crippen LogP contribution in [0.25, 0.3) is 10.9 Å². The highest BCUT2D eigenvalue weighted by molar-refractivity contribution is 5.98. The van der Waals surface area contributed by atoms with E-state index >= 15 is 0 Å². The van der Waals surface area contributed by atoms with Crippen LogP contribution in [0, 0.1) is 5.92 Å². The molecule has 0 saturated carbocycles. The van der Waals surface area contributed by atoms with Gasteiger partial charge in [-0.05, 0) is 23.4 Å². The molecule has 6 nitrogen and oxygen atoms in total. The number of carbonyl (C=O) groups excluding carboxylic acids is 1. The number of amides is 1. The van der Waals surface area contributed by atoms with E-state index in [1.165, 1.54) is 6.07 Å². The van der Waals surface area contributed by atoms with Crippen LogP contribution in [0.3, 0.4) is 0 Å². The van der Waals surface area contributed by atoms with Gasteiger partial charge in [0.25, 0.3) is 11.5 Å². The molecule has 1 aromatic carbocycles. The molecule has 1 atom stereocenters. The minimum Gasteiger partial charge on any atom is -0.480 e. The summed E-state index contributed by atoms with van der Waals surface area (Å²) in [4.78, 5) is 37.8. The van der Waals surface area contributed by atoms with Crippen LogP contribution < -0.4 is 10.9 Å². The highest BCUT2D eigenvalue weighted by Gasteiger charge is 2.25. The van der Waals surface area contributed by atoms with Crippen molar-refractivity contribution < 1.29 is 14.7 Å². The number of aromatic nitrogens is 1. The highest BCUT2D eigenvalue weighted by atomic mass is 16.4. The molecule has 0 fully saturated rings. The molecular weight excluding hydrogens is 272 g/mol. The zero-order chi connectivity index (χ0) is 15.6. The Morgan fingerprint density at radius 1 is 1.24 bits per heavy atom. The van der Waals surface area contributed by atoms with E-state index in [1.54, 1.807) is 38.1 Å². The number of hydrogen-bond acceptors (Lipinski definition) is 3. The Morgan fingerprint density at radius 3 is 2.52 bits per heavy atom. The van der Waals surface area contributed by atoms with E-state index in [0.29, 0.717) is 10.9 Å². The Balaban J connectivity index is 2.37. The Morgan fingerprint density at radius 2 is 1.90 bits per heavy atom. The molecule has 110 valence electrons. The predicted molar refractivity (Wildman–Crippen MR) is 78.3 cm³/mol. The number of carboxylic acids is 1. The van der Waals surface area contributed by atoms with Crippen molar-refractivity contribution >= 4 is 22.8 Å². The van der Waals surface area contributed by atoms with E-state index in [2.05, 4.69) is 10.3 Å². The van der Waals surface area contributed by atoms with Gasteiger partial charge in [0.1, 0.15) is 11.6 Å². The summed E-state index contributed by atoms with van der Waals surface area (Å²) in [6, 6.07) is 7.48. The normalized spacial score (nSPS) is 12.3. The lowest BCUT2D eigenvalue weighted by Crippen LogP contribution is -2.45. The maximum atomic E-state index is 12.1. The number of carbonyl (C=O) groups is 2. The van der Waals surface area contributed by atoms with E-state index in [9.17, 15) is 14.4 Å². The number of H-pyrrole nitrogens is 1. The average molecular weight is 288 g/mol. The van der Waals surface area contributed by atoms with E-state index in [-0.39, 0.29) is 11.5 Å². The van der Waals surface area contributed by atoms with Crippen LogP contribution in [0.4, 0.5) is 0 Å². The number of nitrogens with one attached hydrogen (secondary N) is 2. The molecule has 0 bridgehead atoms. The fourth-order valence-electron chi connectivity index (χ4n) is 2.05. The van der Waals surface area contributed by atoms with Crippen LogP contribution >= 0.6 is 0 Å². The number of aromatic amines is 1. The van der Waals surface area contributed by atoms with Gasteiger partial charge in [0.05, 0.1) is 0 Å². The molecule has 6 heteroatoms. The van der Waals surface area contributed by atoms with E-state index in [0.717, 1.165) is 0 Å². The van der Waals surface area contributed by atoms with Crippen molar-refractivity contribution in [2.75, 3.05) is 0 Å². The first kappa shape index (κ1) is 14.8. The molecule has 21 heavy (non-hydrogen) atoms. The summed E-state index contributed by atoms with van der Waals surface area (Å²) in [6.45, 7) is 3.37. The zero-order valence-electron chi connectivity index (χ0n) is 11.7. The number of rotatable bonds is 4. The van der Waals surface area contributed by atoms with E-state index < -0.39 is 23.5 Å².